The van der Waals surface area contributed by atoms with E-state index in [2.05, 4.69) is 5.10 Å². The number of rotatable bonds is 3. The smallest absolute Gasteiger partial charge is 0.303 e. The van der Waals surface area contributed by atoms with Crippen LogP contribution < -0.4 is 0 Å². The van der Waals surface area contributed by atoms with E-state index in [0.29, 0.717) is 0 Å². The molecule has 0 saturated carbocycles. The molecule has 1 N–H and O–H groups in total. The van der Waals surface area contributed by atoms with Crippen molar-refractivity contribution in [2.75, 3.05) is 0 Å². The molecule has 1 rings (SSSR count). The van der Waals surface area contributed by atoms with E-state index in [4.69, 9.17) is 5.11 Å². The number of aryl methyl sites for hydroxylation is 1. The Morgan fingerprint density at radius 2 is 2.50 bits per heavy atom. The first-order chi connectivity index (χ1) is 5.59. The molecule has 0 unspecified atom stereocenters. The van der Waals surface area contributed by atoms with Crippen LogP contribution in [-0.4, -0.2) is 20.9 Å². The van der Waals surface area contributed by atoms with Gasteiger partial charge in [0.25, 0.3) is 0 Å². The predicted molar refractivity (Wildman–Crippen MR) is 43.9 cm³/mol. The average molecular weight is 168 g/mol. The molecular formula is C8H12N2O2. The minimum absolute atomic E-state index is 0.0381. The predicted octanol–water partition coefficient (Wildman–Crippen LogP) is 0.998. The Labute approximate surface area is 70.8 Å². The van der Waals surface area contributed by atoms with Crippen LogP contribution in [0.15, 0.2) is 12.4 Å². The van der Waals surface area contributed by atoms with Gasteiger partial charge in [-0.25, -0.2) is 0 Å². The Bertz CT molecular complexity index is 280. The highest BCUT2D eigenvalue weighted by Crippen LogP contribution is 2.17. The van der Waals surface area contributed by atoms with Crippen LogP contribution in [0.25, 0.3) is 0 Å². The number of hydrogen-bond acceptors (Lipinski definition) is 2. The van der Waals surface area contributed by atoms with Crippen molar-refractivity contribution >= 4 is 5.97 Å². The molecule has 1 aromatic heterocycles. The molecule has 4 nitrogen and oxygen atoms in total. The lowest BCUT2D eigenvalue weighted by molar-refractivity contribution is -0.137. The third-order valence-electron chi connectivity index (χ3n) is 1.77. The Hall–Kier alpha value is -1.32. The van der Waals surface area contributed by atoms with Crippen LogP contribution in [0.2, 0.25) is 0 Å². The van der Waals surface area contributed by atoms with Gasteiger partial charge in [-0.2, -0.15) is 5.10 Å². The van der Waals surface area contributed by atoms with Gasteiger partial charge in [0.15, 0.2) is 0 Å². The number of carboxylic acids is 1. The zero-order valence-electron chi connectivity index (χ0n) is 7.19. The zero-order valence-corrected chi connectivity index (χ0v) is 7.19. The summed E-state index contributed by atoms with van der Waals surface area (Å²) < 4.78 is 1.67. The Morgan fingerprint density at radius 1 is 1.83 bits per heavy atom. The molecule has 1 heterocycles. The Balaban J connectivity index is 2.64. The van der Waals surface area contributed by atoms with Crippen LogP contribution in [0.5, 0.6) is 0 Å². The first-order valence-electron chi connectivity index (χ1n) is 3.80. The molecule has 0 aliphatic carbocycles. The highest BCUT2D eigenvalue weighted by molar-refractivity contribution is 5.67. The first-order valence-corrected chi connectivity index (χ1v) is 3.80. The summed E-state index contributed by atoms with van der Waals surface area (Å²) in [6, 6.07) is 0. The van der Waals surface area contributed by atoms with E-state index in [0.717, 1.165) is 5.56 Å². The van der Waals surface area contributed by atoms with Crippen LogP contribution in [0.1, 0.15) is 24.8 Å². The van der Waals surface area contributed by atoms with Gasteiger partial charge < -0.3 is 5.11 Å². The minimum atomic E-state index is -0.772. The lowest BCUT2D eigenvalue weighted by atomic mass is 10.0. The minimum Gasteiger partial charge on any atom is -0.481 e. The van der Waals surface area contributed by atoms with Crippen molar-refractivity contribution in [1.29, 1.82) is 0 Å². The van der Waals surface area contributed by atoms with E-state index in [-0.39, 0.29) is 12.3 Å². The third-order valence-corrected chi connectivity index (χ3v) is 1.77. The number of nitrogens with zero attached hydrogens (tertiary/aromatic N) is 2. The van der Waals surface area contributed by atoms with Crippen molar-refractivity contribution in [3.8, 4) is 0 Å². The standard InChI is InChI=1S/C8H12N2O2/c1-6(3-8(11)12)7-4-9-10(2)5-7/h4-6H,3H2,1-2H3,(H,11,12)/t6-/m0/s1. The number of carboxylic acid groups (broad SMARTS) is 1. The summed E-state index contributed by atoms with van der Waals surface area (Å²) in [5.41, 5.74) is 0.972. The van der Waals surface area contributed by atoms with Gasteiger partial charge in [-0.15, -0.1) is 0 Å². The maximum Gasteiger partial charge on any atom is 0.303 e. The molecule has 0 aliphatic rings. The number of hydrogen-bond donors (Lipinski definition) is 1. The average Bonchev–Trinajstić information content (AvgIpc) is 2.34. The zero-order chi connectivity index (χ0) is 9.14. The molecule has 0 aliphatic heterocycles. The van der Waals surface area contributed by atoms with Crippen molar-refractivity contribution in [3.63, 3.8) is 0 Å². The van der Waals surface area contributed by atoms with Crippen molar-refractivity contribution in [1.82, 2.24) is 9.78 Å². The molecule has 0 bridgehead atoms. The molecular weight excluding hydrogens is 156 g/mol. The van der Waals surface area contributed by atoms with E-state index < -0.39 is 5.97 Å². The summed E-state index contributed by atoms with van der Waals surface area (Å²) in [5, 5.41) is 12.5. The van der Waals surface area contributed by atoms with Crippen molar-refractivity contribution in [3.05, 3.63) is 18.0 Å². The molecule has 0 aromatic carbocycles. The van der Waals surface area contributed by atoms with Gasteiger partial charge in [-0.1, -0.05) is 6.92 Å². The molecule has 66 valence electrons. The van der Waals surface area contributed by atoms with Gasteiger partial charge in [0.2, 0.25) is 0 Å². The summed E-state index contributed by atoms with van der Waals surface area (Å²) in [6.45, 7) is 1.88. The lowest BCUT2D eigenvalue weighted by Crippen LogP contribution is -2.01. The monoisotopic (exact) mass is 168 g/mol. The van der Waals surface area contributed by atoms with Crippen LogP contribution in [0.3, 0.4) is 0 Å². The first kappa shape index (κ1) is 8.77. The number of aliphatic carboxylic acids is 1. The van der Waals surface area contributed by atoms with E-state index in [1.807, 2.05) is 20.2 Å². The quantitative estimate of drug-likeness (QED) is 0.732. The molecule has 0 amide bonds. The van der Waals surface area contributed by atoms with Gasteiger partial charge in [0.05, 0.1) is 12.6 Å². The van der Waals surface area contributed by atoms with E-state index in [1.54, 1.807) is 10.9 Å². The molecule has 0 saturated heterocycles. The number of aromatic nitrogens is 2. The molecule has 4 heteroatoms. The molecule has 1 atom stereocenters. The SMILES string of the molecule is C[C@@H](CC(=O)O)c1cnn(C)c1. The summed E-state index contributed by atoms with van der Waals surface area (Å²) in [5.74, 6) is -0.734. The van der Waals surface area contributed by atoms with Gasteiger partial charge in [0, 0.05) is 13.2 Å². The van der Waals surface area contributed by atoms with Crippen LogP contribution in [0, 0.1) is 0 Å². The summed E-state index contributed by atoms with van der Waals surface area (Å²) in [6.07, 6.45) is 3.70. The van der Waals surface area contributed by atoms with Crippen LogP contribution in [0.4, 0.5) is 0 Å². The Morgan fingerprint density at radius 3 is 2.92 bits per heavy atom. The summed E-state index contributed by atoms with van der Waals surface area (Å²) in [7, 11) is 1.82. The molecule has 0 fully saturated rings. The fraction of sp³-hybridized carbons (Fsp3) is 0.500. The van der Waals surface area contributed by atoms with Gasteiger partial charge in [0.1, 0.15) is 0 Å². The largest absolute Gasteiger partial charge is 0.481 e. The molecule has 0 radical (unpaired) electrons. The van der Waals surface area contributed by atoms with E-state index in [9.17, 15) is 4.79 Å². The van der Waals surface area contributed by atoms with Gasteiger partial charge >= 0.3 is 5.97 Å². The van der Waals surface area contributed by atoms with Crippen LogP contribution in [-0.2, 0) is 11.8 Å². The van der Waals surface area contributed by atoms with E-state index in [1.165, 1.54) is 0 Å². The van der Waals surface area contributed by atoms with Crippen LogP contribution >= 0.6 is 0 Å². The molecule has 1 aromatic rings. The molecule has 12 heavy (non-hydrogen) atoms. The van der Waals surface area contributed by atoms with Crippen molar-refractivity contribution < 1.29 is 9.90 Å². The number of carbonyl (C=O) groups is 1. The Kier molecular flexibility index (Phi) is 2.47. The second kappa shape index (κ2) is 3.38. The fourth-order valence-electron chi connectivity index (χ4n) is 1.07. The van der Waals surface area contributed by atoms with Crippen molar-refractivity contribution in [2.24, 2.45) is 7.05 Å². The highest BCUT2D eigenvalue weighted by Gasteiger charge is 2.10. The fourth-order valence-corrected chi connectivity index (χ4v) is 1.07. The van der Waals surface area contributed by atoms with E-state index >= 15 is 0 Å². The summed E-state index contributed by atoms with van der Waals surface area (Å²) >= 11 is 0. The lowest BCUT2D eigenvalue weighted by Gasteiger charge is -2.03. The van der Waals surface area contributed by atoms with Gasteiger partial charge in [-0.05, 0) is 11.5 Å². The maximum absolute atomic E-state index is 10.4. The molecule has 0 spiro atoms. The van der Waals surface area contributed by atoms with Crippen molar-refractivity contribution in [2.45, 2.75) is 19.3 Å². The third kappa shape index (κ3) is 2.08. The maximum atomic E-state index is 10.4. The van der Waals surface area contributed by atoms with Gasteiger partial charge in [-0.3, -0.25) is 9.48 Å². The second-order valence-corrected chi connectivity index (χ2v) is 2.95. The summed E-state index contributed by atoms with van der Waals surface area (Å²) in [4.78, 5) is 10.4. The second-order valence-electron chi connectivity index (χ2n) is 2.95. The normalized spacial score (nSPS) is 12.8. The topological polar surface area (TPSA) is 55.1 Å². The highest BCUT2D eigenvalue weighted by atomic mass is 16.4.